The van der Waals surface area contributed by atoms with Crippen LogP contribution in [0.1, 0.15) is 64.2 Å². The molecule has 0 aromatic heterocycles. The van der Waals surface area contributed by atoms with Crippen molar-refractivity contribution in [3.8, 4) is 0 Å². The highest BCUT2D eigenvalue weighted by Crippen LogP contribution is 2.29. The molecule has 1 fully saturated rings. The van der Waals surface area contributed by atoms with E-state index in [9.17, 15) is 4.79 Å². The summed E-state index contributed by atoms with van der Waals surface area (Å²) >= 11 is 0. The summed E-state index contributed by atoms with van der Waals surface area (Å²) in [4.78, 5) is 10.3. The van der Waals surface area contributed by atoms with Crippen molar-refractivity contribution in [1.82, 2.24) is 0 Å². The van der Waals surface area contributed by atoms with Crippen LogP contribution in [-0.4, -0.2) is 11.1 Å². The fraction of sp³-hybridized carbons (Fsp3) is 0.833. The Bertz CT molecular complexity index is 160. The number of hydrogen-bond acceptors (Lipinski definition) is 1. The molecule has 0 saturated heterocycles. The van der Waals surface area contributed by atoms with Crippen LogP contribution < -0.4 is 0 Å². The van der Waals surface area contributed by atoms with Crippen molar-refractivity contribution in [2.24, 2.45) is 0 Å². The Kier molecular flexibility index (Phi) is 5.65. The summed E-state index contributed by atoms with van der Waals surface area (Å²) in [6, 6.07) is 0. The maximum absolute atomic E-state index is 10.3. The van der Waals surface area contributed by atoms with Gasteiger partial charge in [0.05, 0.1) is 0 Å². The number of aliphatic carboxylic acids is 1. The van der Waals surface area contributed by atoms with Crippen molar-refractivity contribution >= 4 is 5.97 Å². The van der Waals surface area contributed by atoms with Crippen molar-refractivity contribution < 1.29 is 9.90 Å². The number of carboxylic acids is 1. The summed E-state index contributed by atoms with van der Waals surface area (Å²) in [6.07, 6.45) is 11.5. The van der Waals surface area contributed by atoms with Crippen LogP contribution in [0.15, 0.2) is 0 Å². The molecular formula is C12H21O2. The van der Waals surface area contributed by atoms with E-state index in [1.165, 1.54) is 44.9 Å². The second kappa shape index (κ2) is 6.86. The summed E-state index contributed by atoms with van der Waals surface area (Å²) in [7, 11) is 0. The summed E-state index contributed by atoms with van der Waals surface area (Å²) < 4.78 is 0. The first-order valence-electron chi connectivity index (χ1n) is 5.84. The zero-order valence-corrected chi connectivity index (χ0v) is 8.93. The smallest absolute Gasteiger partial charge is 0.303 e. The monoisotopic (exact) mass is 197 g/mol. The molecule has 0 bridgehead atoms. The fourth-order valence-corrected chi connectivity index (χ4v) is 2.13. The average molecular weight is 197 g/mol. The van der Waals surface area contributed by atoms with E-state index < -0.39 is 5.97 Å². The minimum Gasteiger partial charge on any atom is -0.481 e. The van der Waals surface area contributed by atoms with E-state index in [4.69, 9.17) is 5.11 Å². The van der Waals surface area contributed by atoms with Gasteiger partial charge in [0.2, 0.25) is 0 Å². The highest BCUT2D eigenvalue weighted by atomic mass is 16.4. The minimum atomic E-state index is -0.657. The molecule has 2 nitrogen and oxygen atoms in total. The molecule has 81 valence electrons. The zero-order chi connectivity index (χ0) is 10.2. The van der Waals surface area contributed by atoms with Crippen LogP contribution >= 0.6 is 0 Å². The largest absolute Gasteiger partial charge is 0.481 e. The highest BCUT2D eigenvalue weighted by Gasteiger charge is 2.12. The maximum atomic E-state index is 10.3. The van der Waals surface area contributed by atoms with Crippen LogP contribution in [0.5, 0.6) is 0 Å². The van der Waals surface area contributed by atoms with Gasteiger partial charge in [-0.25, -0.2) is 0 Å². The number of rotatable bonds is 6. The van der Waals surface area contributed by atoms with Crippen molar-refractivity contribution in [1.29, 1.82) is 0 Å². The summed E-state index contributed by atoms with van der Waals surface area (Å²) in [6.45, 7) is 0. The predicted octanol–water partition coefficient (Wildman–Crippen LogP) is 3.56. The van der Waals surface area contributed by atoms with E-state index in [1.807, 2.05) is 0 Å². The van der Waals surface area contributed by atoms with Crippen molar-refractivity contribution in [2.45, 2.75) is 64.2 Å². The molecule has 1 N–H and O–H groups in total. The molecule has 14 heavy (non-hydrogen) atoms. The Morgan fingerprint density at radius 1 is 1.07 bits per heavy atom. The van der Waals surface area contributed by atoms with Crippen molar-refractivity contribution in [3.63, 3.8) is 0 Å². The van der Waals surface area contributed by atoms with Gasteiger partial charge in [-0.05, 0) is 31.6 Å². The summed E-state index contributed by atoms with van der Waals surface area (Å²) in [5, 5.41) is 8.46. The number of unbranched alkanes of at least 4 members (excludes halogenated alkanes) is 2. The Hall–Kier alpha value is -0.530. The topological polar surface area (TPSA) is 37.3 Å². The van der Waals surface area contributed by atoms with E-state index in [1.54, 1.807) is 5.92 Å². The van der Waals surface area contributed by atoms with Gasteiger partial charge in [0.25, 0.3) is 0 Å². The molecule has 1 saturated carbocycles. The maximum Gasteiger partial charge on any atom is 0.303 e. The minimum absolute atomic E-state index is 0.343. The lowest BCUT2D eigenvalue weighted by molar-refractivity contribution is -0.137. The van der Waals surface area contributed by atoms with Gasteiger partial charge in [-0.1, -0.05) is 32.1 Å². The molecule has 0 aliphatic heterocycles. The summed E-state index contributed by atoms with van der Waals surface area (Å²) in [5.41, 5.74) is 0. The van der Waals surface area contributed by atoms with Gasteiger partial charge < -0.3 is 5.11 Å². The Labute approximate surface area is 86.7 Å². The van der Waals surface area contributed by atoms with Crippen molar-refractivity contribution in [2.75, 3.05) is 0 Å². The first kappa shape index (κ1) is 11.5. The van der Waals surface area contributed by atoms with Gasteiger partial charge in [0, 0.05) is 6.42 Å². The first-order chi connectivity index (χ1) is 6.79. The number of carboxylic acid groups (broad SMARTS) is 1. The van der Waals surface area contributed by atoms with Crippen molar-refractivity contribution in [3.05, 3.63) is 5.92 Å². The van der Waals surface area contributed by atoms with Gasteiger partial charge in [0.1, 0.15) is 0 Å². The molecule has 2 heteroatoms. The lowest BCUT2D eigenvalue weighted by atomic mass is 9.85. The molecule has 0 spiro atoms. The molecule has 0 aromatic carbocycles. The molecule has 0 unspecified atom stereocenters. The van der Waals surface area contributed by atoms with Gasteiger partial charge in [-0.2, -0.15) is 0 Å². The van der Waals surface area contributed by atoms with E-state index >= 15 is 0 Å². The van der Waals surface area contributed by atoms with Crippen LogP contribution in [0.2, 0.25) is 0 Å². The zero-order valence-electron chi connectivity index (χ0n) is 8.93. The van der Waals surface area contributed by atoms with E-state index in [-0.39, 0.29) is 0 Å². The second-order valence-corrected chi connectivity index (χ2v) is 4.27. The second-order valence-electron chi connectivity index (χ2n) is 4.27. The third-order valence-electron chi connectivity index (χ3n) is 2.98. The molecule has 0 atom stereocenters. The van der Waals surface area contributed by atoms with E-state index in [0.29, 0.717) is 6.42 Å². The van der Waals surface area contributed by atoms with Gasteiger partial charge in [-0.3, -0.25) is 4.79 Å². The third-order valence-corrected chi connectivity index (χ3v) is 2.98. The lowest BCUT2D eigenvalue weighted by Crippen LogP contribution is -2.03. The summed E-state index contributed by atoms with van der Waals surface area (Å²) in [5.74, 6) is 1.07. The SMILES string of the molecule is O=C(O)CCCCC[C]1CCCCC1. The van der Waals surface area contributed by atoms with Crippen LogP contribution in [0, 0.1) is 5.92 Å². The van der Waals surface area contributed by atoms with E-state index in [0.717, 1.165) is 12.8 Å². The predicted molar refractivity (Wildman–Crippen MR) is 57.0 cm³/mol. The molecular weight excluding hydrogens is 176 g/mol. The van der Waals surface area contributed by atoms with Crippen LogP contribution in [-0.2, 0) is 4.79 Å². The molecule has 1 rings (SSSR count). The van der Waals surface area contributed by atoms with Gasteiger partial charge in [0.15, 0.2) is 0 Å². The fourth-order valence-electron chi connectivity index (χ4n) is 2.13. The Balaban J connectivity index is 1.90. The molecule has 0 aromatic rings. The molecule has 1 aliphatic carbocycles. The molecule has 1 aliphatic rings. The van der Waals surface area contributed by atoms with Gasteiger partial charge >= 0.3 is 5.97 Å². The number of hydrogen-bond donors (Lipinski definition) is 1. The molecule has 1 radical (unpaired) electrons. The quantitative estimate of drug-likeness (QED) is 0.661. The Morgan fingerprint density at radius 2 is 1.79 bits per heavy atom. The van der Waals surface area contributed by atoms with Crippen LogP contribution in [0.3, 0.4) is 0 Å². The molecule has 0 amide bonds. The lowest BCUT2D eigenvalue weighted by Gasteiger charge is -2.20. The van der Waals surface area contributed by atoms with Crippen LogP contribution in [0.4, 0.5) is 0 Å². The third kappa shape index (κ3) is 5.25. The highest BCUT2D eigenvalue weighted by molar-refractivity contribution is 5.66. The van der Waals surface area contributed by atoms with Gasteiger partial charge in [-0.15, -0.1) is 0 Å². The Morgan fingerprint density at radius 3 is 2.43 bits per heavy atom. The standard InChI is InChI=1S/C12H21O2/c13-12(14)10-6-2-5-9-11-7-3-1-4-8-11/h1-10H2,(H,13,14). The van der Waals surface area contributed by atoms with Crippen LogP contribution in [0.25, 0.3) is 0 Å². The first-order valence-corrected chi connectivity index (χ1v) is 5.84. The molecule has 0 heterocycles. The van der Waals surface area contributed by atoms with E-state index in [2.05, 4.69) is 0 Å². The number of carbonyl (C=O) groups is 1. The normalized spacial score (nSPS) is 18.3. The average Bonchev–Trinajstić information content (AvgIpc) is 2.18.